The molecule has 1 aromatic heterocycles. The third-order valence-corrected chi connectivity index (χ3v) is 4.64. The quantitative estimate of drug-likeness (QED) is 0.800. The van der Waals surface area contributed by atoms with Crippen molar-refractivity contribution in [3.8, 4) is 0 Å². The Morgan fingerprint density at radius 3 is 2.61 bits per heavy atom. The number of cyclic esters (lactones) is 1. The maximum Gasteiger partial charge on any atom is 0.416 e. The van der Waals surface area contributed by atoms with Crippen molar-refractivity contribution in [2.24, 2.45) is 5.92 Å². The molecule has 150 valence electrons. The Bertz CT molecular complexity index is 857. The number of hydrogen-bond donors (Lipinski definition) is 1. The number of benzene rings is 1. The maximum atomic E-state index is 13.3. The molecule has 1 amide bonds. The van der Waals surface area contributed by atoms with Gasteiger partial charge in [0.05, 0.1) is 17.6 Å². The van der Waals surface area contributed by atoms with Crippen LogP contribution in [0.3, 0.4) is 0 Å². The summed E-state index contributed by atoms with van der Waals surface area (Å²) in [5, 5.41) is 2.89. The van der Waals surface area contributed by atoms with Gasteiger partial charge in [0.1, 0.15) is 12.4 Å². The topological polar surface area (TPSA) is 67.3 Å². The number of ether oxygens (including phenoxy) is 1. The zero-order chi connectivity index (χ0) is 20.5. The molecule has 0 saturated carbocycles. The second-order valence-corrected chi connectivity index (χ2v) is 6.95. The zero-order valence-electron chi connectivity index (χ0n) is 15.7. The highest BCUT2D eigenvalue weighted by Gasteiger charge is 2.37. The number of hydrogen-bond acceptors (Lipinski definition) is 5. The number of carbonyl (C=O) groups is 1. The molecule has 1 saturated heterocycles. The van der Waals surface area contributed by atoms with Crippen molar-refractivity contribution in [3.63, 3.8) is 0 Å². The molecule has 28 heavy (non-hydrogen) atoms. The van der Waals surface area contributed by atoms with Gasteiger partial charge in [0, 0.05) is 6.20 Å². The number of carbonyl (C=O) groups excluding carboxylic acids is 1. The van der Waals surface area contributed by atoms with E-state index in [1.807, 2.05) is 13.8 Å². The normalized spacial score (nSPS) is 18.3. The molecular weight excluding hydrogens is 373 g/mol. The molecule has 3 rings (SSSR count). The van der Waals surface area contributed by atoms with Crippen LogP contribution in [0.4, 0.5) is 29.7 Å². The van der Waals surface area contributed by atoms with E-state index in [1.165, 1.54) is 23.2 Å². The Balaban J connectivity index is 1.85. The maximum absolute atomic E-state index is 13.3. The van der Waals surface area contributed by atoms with Crippen LogP contribution in [0.5, 0.6) is 0 Å². The van der Waals surface area contributed by atoms with Gasteiger partial charge in [-0.1, -0.05) is 32.0 Å². The van der Waals surface area contributed by atoms with Gasteiger partial charge in [-0.25, -0.2) is 9.78 Å². The van der Waals surface area contributed by atoms with E-state index in [0.717, 1.165) is 6.07 Å². The van der Waals surface area contributed by atoms with Gasteiger partial charge < -0.3 is 10.1 Å². The first-order valence-electron chi connectivity index (χ1n) is 8.90. The first kappa shape index (κ1) is 19.9. The van der Waals surface area contributed by atoms with E-state index in [-0.39, 0.29) is 30.1 Å². The molecule has 6 nitrogen and oxygen atoms in total. The Morgan fingerprint density at radius 2 is 1.93 bits per heavy atom. The molecule has 1 N–H and O–H groups in total. The van der Waals surface area contributed by atoms with Crippen LogP contribution in [0.15, 0.2) is 36.5 Å². The van der Waals surface area contributed by atoms with Gasteiger partial charge in [-0.15, -0.1) is 0 Å². The highest BCUT2D eigenvalue weighted by molar-refractivity contribution is 5.89. The van der Waals surface area contributed by atoms with E-state index in [1.54, 1.807) is 19.1 Å². The smallest absolute Gasteiger partial charge is 0.416 e. The molecule has 9 heteroatoms. The van der Waals surface area contributed by atoms with E-state index in [9.17, 15) is 18.0 Å². The Labute approximate surface area is 160 Å². The number of anilines is 2. The average molecular weight is 394 g/mol. The number of aromatic nitrogens is 2. The molecule has 1 aromatic carbocycles. The number of alkyl halides is 3. The van der Waals surface area contributed by atoms with Crippen molar-refractivity contribution in [1.82, 2.24) is 9.97 Å². The van der Waals surface area contributed by atoms with E-state index in [2.05, 4.69) is 15.3 Å². The number of nitrogens with one attached hydrogen (secondary N) is 1. The third-order valence-electron chi connectivity index (χ3n) is 4.64. The minimum atomic E-state index is -4.46. The van der Waals surface area contributed by atoms with Crippen LogP contribution in [-0.2, 0) is 10.9 Å². The fraction of sp³-hybridized carbons (Fsp3) is 0.421. The molecule has 1 aliphatic rings. The van der Waals surface area contributed by atoms with Gasteiger partial charge in [-0.2, -0.15) is 18.2 Å². The zero-order valence-corrected chi connectivity index (χ0v) is 15.7. The highest BCUT2D eigenvalue weighted by Crippen LogP contribution is 2.35. The summed E-state index contributed by atoms with van der Waals surface area (Å²) in [5.41, 5.74) is -0.626. The number of halogens is 3. The van der Waals surface area contributed by atoms with Gasteiger partial charge in [0.25, 0.3) is 0 Å². The number of nitrogens with zero attached hydrogens (tertiary/aromatic N) is 3. The predicted molar refractivity (Wildman–Crippen MR) is 98.0 cm³/mol. The summed E-state index contributed by atoms with van der Waals surface area (Å²) >= 11 is 0. The van der Waals surface area contributed by atoms with Gasteiger partial charge in [-0.3, -0.25) is 4.90 Å². The molecule has 1 fully saturated rings. The van der Waals surface area contributed by atoms with Crippen molar-refractivity contribution in [1.29, 1.82) is 0 Å². The van der Waals surface area contributed by atoms with Crippen LogP contribution >= 0.6 is 0 Å². The molecule has 1 aliphatic heterocycles. The summed E-state index contributed by atoms with van der Waals surface area (Å²) in [4.78, 5) is 21.9. The fourth-order valence-electron chi connectivity index (χ4n) is 3.15. The lowest BCUT2D eigenvalue weighted by Gasteiger charge is -2.24. The Hall–Kier alpha value is -2.84. The third kappa shape index (κ3) is 4.02. The minimum absolute atomic E-state index is 0.0876. The molecule has 2 aromatic rings. The molecule has 2 atom stereocenters. The van der Waals surface area contributed by atoms with Crippen molar-refractivity contribution >= 4 is 17.9 Å². The Morgan fingerprint density at radius 1 is 1.21 bits per heavy atom. The Kier molecular flexibility index (Phi) is 5.44. The minimum Gasteiger partial charge on any atom is -0.447 e. The van der Waals surface area contributed by atoms with E-state index >= 15 is 0 Å². The van der Waals surface area contributed by atoms with Gasteiger partial charge in [0.2, 0.25) is 5.95 Å². The molecule has 0 aliphatic carbocycles. The summed E-state index contributed by atoms with van der Waals surface area (Å²) in [5.74, 6) is 0.620. The summed E-state index contributed by atoms with van der Waals surface area (Å²) in [6.45, 7) is 5.80. The fourth-order valence-corrected chi connectivity index (χ4v) is 3.15. The lowest BCUT2D eigenvalue weighted by Crippen LogP contribution is -2.37. The number of rotatable bonds is 5. The highest BCUT2D eigenvalue weighted by atomic mass is 19.4. The van der Waals surface area contributed by atoms with Crippen LogP contribution in [0.2, 0.25) is 0 Å². The van der Waals surface area contributed by atoms with E-state index < -0.39 is 23.9 Å². The summed E-state index contributed by atoms with van der Waals surface area (Å²) < 4.78 is 44.9. The first-order valence-corrected chi connectivity index (χ1v) is 8.90. The van der Waals surface area contributed by atoms with Crippen LogP contribution in [0.1, 0.15) is 37.9 Å². The van der Waals surface area contributed by atoms with Crippen molar-refractivity contribution in [3.05, 3.63) is 47.7 Å². The summed E-state index contributed by atoms with van der Waals surface area (Å²) in [6, 6.07) is 6.06. The monoisotopic (exact) mass is 394 g/mol. The summed E-state index contributed by atoms with van der Waals surface area (Å²) in [6.07, 6.45) is -3.51. The largest absolute Gasteiger partial charge is 0.447 e. The predicted octanol–water partition coefficient (Wildman–Crippen LogP) is 4.65. The second-order valence-electron chi connectivity index (χ2n) is 6.95. The molecule has 0 radical (unpaired) electrons. The molecule has 0 unspecified atom stereocenters. The summed E-state index contributed by atoms with van der Waals surface area (Å²) in [7, 11) is 0. The standard InChI is InChI=1S/C19H21F3N4O2/c1-11(2)15-10-28-18(27)26(15)16-8-9-23-17(25-16)24-12(3)13-6-4-5-7-14(13)19(20,21)22/h4-9,11-12,15H,10H2,1-3H3,(H,23,24,25)/t12-,15+/m0/s1. The lowest BCUT2D eigenvalue weighted by atomic mass is 10.0. The first-order chi connectivity index (χ1) is 13.2. The van der Waals surface area contributed by atoms with Crippen molar-refractivity contribution in [2.45, 2.75) is 39.0 Å². The van der Waals surface area contributed by atoms with Crippen LogP contribution in [0.25, 0.3) is 0 Å². The lowest BCUT2D eigenvalue weighted by molar-refractivity contribution is -0.138. The van der Waals surface area contributed by atoms with Crippen LogP contribution in [-0.4, -0.2) is 28.7 Å². The van der Waals surface area contributed by atoms with E-state index in [4.69, 9.17) is 4.74 Å². The second kappa shape index (κ2) is 7.65. The van der Waals surface area contributed by atoms with Gasteiger partial charge >= 0.3 is 12.3 Å². The number of amides is 1. The van der Waals surface area contributed by atoms with Crippen molar-refractivity contribution < 1.29 is 22.7 Å². The van der Waals surface area contributed by atoms with Gasteiger partial charge in [0.15, 0.2) is 0 Å². The molecular formula is C19H21F3N4O2. The molecule has 0 bridgehead atoms. The van der Waals surface area contributed by atoms with Crippen LogP contribution < -0.4 is 10.2 Å². The molecule has 2 heterocycles. The van der Waals surface area contributed by atoms with Crippen molar-refractivity contribution in [2.75, 3.05) is 16.8 Å². The van der Waals surface area contributed by atoms with Crippen LogP contribution in [0, 0.1) is 5.92 Å². The average Bonchev–Trinajstić information content (AvgIpc) is 3.03. The SMILES string of the molecule is CC(C)[C@H]1COC(=O)N1c1ccnc(N[C@@H](C)c2ccccc2C(F)(F)F)n1. The molecule has 0 spiro atoms. The van der Waals surface area contributed by atoms with E-state index in [0.29, 0.717) is 5.82 Å². The van der Waals surface area contributed by atoms with Gasteiger partial charge in [-0.05, 0) is 30.5 Å².